The van der Waals surface area contributed by atoms with Gasteiger partial charge in [-0.05, 0) is 22.9 Å². The molecule has 6 heteroatoms. The molecule has 1 fully saturated rings. The lowest BCUT2D eigenvalue weighted by Crippen LogP contribution is -3.30. The molecule has 1 aliphatic rings. The number of nitrogens with one attached hydrogen (secondary N) is 2. The van der Waals surface area contributed by atoms with E-state index in [0.29, 0.717) is 12.3 Å². The molecule has 176 valence electrons. The van der Waals surface area contributed by atoms with Gasteiger partial charge in [0.1, 0.15) is 44.2 Å². The predicted molar refractivity (Wildman–Crippen MR) is 132 cm³/mol. The Balaban J connectivity index is 1.10. The van der Waals surface area contributed by atoms with E-state index in [9.17, 15) is 10.2 Å². The third-order valence-corrected chi connectivity index (χ3v) is 6.69. The molecule has 6 nitrogen and oxygen atoms in total. The van der Waals surface area contributed by atoms with Crippen molar-refractivity contribution in [1.29, 1.82) is 0 Å². The molecular weight excluding hydrogens is 428 g/mol. The molecule has 34 heavy (non-hydrogen) atoms. The first-order valence-electron chi connectivity index (χ1n) is 12.0. The average Bonchev–Trinajstić information content (AvgIpc) is 2.88. The van der Waals surface area contributed by atoms with Gasteiger partial charge in [0.05, 0.1) is 0 Å². The van der Waals surface area contributed by atoms with Gasteiger partial charge >= 0.3 is 0 Å². The van der Waals surface area contributed by atoms with Crippen molar-refractivity contribution in [2.24, 2.45) is 0 Å². The van der Waals surface area contributed by atoms with Crippen LogP contribution in [0.25, 0.3) is 21.5 Å². The second-order valence-corrected chi connectivity index (χ2v) is 8.97. The fourth-order valence-electron chi connectivity index (χ4n) is 4.80. The van der Waals surface area contributed by atoms with Gasteiger partial charge in [-0.2, -0.15) is 0 Å². The van der Waals surface area contributed by atoms with Crippen molar-refractivity contribution < 1.29 is 29.5 Å². The summed E-state index contributed by atoms with van der Waals surface area (Å²) in [6.45, 7) is 4.12. The monoisotopic (exact) mass is 460 g/mol. The molecule has 1 aliphatic heterocycles. The molecule has 0 aromatic heterocycles. The van der Waals surface area contributed by atoms with Crippen molar-refractivity contribution in [2.45, 2.75) is 12.5 Å². The smallest absolute Gasteiger partial charge is 0.247 e. The van der Waals surface area contributed by atoms with E-state index in [0.717, 1.165) is 58.4 Å². The maximum atomic E-state index is 10.7. The zero-order valence-corrected chi connectivity index (χ0v) is 19.2. The highest BCUT2D eigenvalue weighted by Gasteiger charge is 2.30. The molecule has 4 aromatic carbocycles. The van der Waals surface area contributed by atoms with Gasteiger partial charge in [0.25, 0.3) is 0 Å². The first-order valence-corrected chi connectivity index (χ1v) is 12.0. The maximum absolute atomic E-state index is 10.7. The van der Waals surface area contributed by atoms with Crippen LogP contribution in [-0.2, 0) is 0 Å². The molecule has 1 saturated heterocycles. The Morgan fingerprint density at radius 1 is 0.676 bits per heavy atom. The van der Waals surface area contributed by atoms with Gasteiger partial charge in [-0.25, -0.2) is 0 Å². The zero-order valence-electron chi connectivity index (χ0n) is 19.2. The Morgan fingerprint density at radius 2 is 1.24 bits per heavy atom. The van der Waals surface area contributed by atoms with E-state index >= 15 is 0 Å². The highest BCUT2D eigenvalue weighted by molar-refractivity contribution is 5.88. The Labute approximate surface area is 199 Å². The Bertz CT molecular complexity index is 1230. The first-order chi connectivity index (χ1) is 16.7. The minimum absolute atomic E-state index is 0.255. The molecule has 4 N–H and O–H groups in total. The minimum atomic E-state index is -0.873. The lowest BCUT2D eigenvalue weighted by Gasteiger charge is -2.33. The lowest BCUT2D eigenvalue weighted by molar-refractivity contribution is -1.04. The molecule has 2 atom stereocenters. The summed E-state index contributed by atoms with van der Waals surface area (Å²) in [5.74, 6) is 1.50. The summed E-state index contributed by atoms with van der Waals surface area (Å²) < 4.78 is 11.9. The van der Waals surface area contributed by atoms with Crippen LogP contribution in [-0.4, -0.2) is 62.1 Å². The van der Waals surface area contributed by atoms with Crippen LogP contribution in [0.4, 0.5) is 0 Å². The van der Waals surface area contributed by atoms with Crippen molar-refractivity contribution in [3.8, 4) is 11.5 Å². The Hall–Kier alpha value is -3.16. The zero-order chi connectivity index (χ0) is 23.3. The SMILES string of the molecule is O[C@H](C[NH+]1CC[NH+]([C@@H](O)COc2cccc3ccccc23)CC1)Oc1cccc2ccccc12. The Morgan fingerprint density at radius 3 is 1.91 bits per heavy atom. The lowest BCUT2D eigenvalue weighted by atomic mass is 10.1. The summed E-state index contributed by atoms with van der Waals surface area (Å²) in [4.78, 5) is 2.40. The van der Waals surface area contributed by atoms with Crippen LogP contribution in [0.5, 0.6) is 11.5 Å². The van der Waals surface area contributed by atoms with Crippen molar-refractivity contribution in [1.82, 2.24) is 0 Å². The van der Waals surface area contributed by atoms with Crippen molar-refractivity contribution in [3.05, 3.63) is 84.9 Å². The maximum Gasteiger partial charge on any atom is 0.247 e. The number of quaternary nitrogens is 2. The third kappa shape index (κ3) is 5.16. The van der Waals surface area contributed by atoms with E-state index in [1.165, 1.54) is 4.90 Å². The van der Waals surface area contributed by atoms with E-state index in [1.807, 2.05) is 72.8 Å². The van der Waals surface area contributed by atoms with Gasteiger partial charge in [-0.3, -0.25) is 4.90 Å². The van der Waals surface area contributed by atoms with Crippen molar-refractivity contribution in [2.75, 3.05) is 39.3 Å². The molecule has 4 aromatic rings. The number of piperazine rings is 1. The van der Waals surface area contributed by atoms with Crippen LogP contribution in [0.2, 0.25) is 0 Å². The van der Waals surface area contributed by atoms with E-state index in [4.69, 9.17) is 9.47 Å². The number of benzene rings is 4. The number of rotatable bonds is 8. The summed E-state index contributed by atoms with van der Waals surface area (Å²) in [7, 11) is 0. The molecule has 0 unspecified atom stereocenters. The predicted octanol–water partition coefficient (Wildman–Crippen LogP) is 0.871. The van der Waals surface area contributed by atoms with Crippen LogP contribution in [0.3, 0.4) is 0 Å². The number of aliphatic hydroxyl groups is 2. The molecule has 0 aliphatic carbocycles. The number of aliphatic hydroxyl groups excluding tert-OH is 2. The number of hydrogen-bond donors (Lipinski definition) is 4. The minimum Gasteiger partial charge on any atom is -0.484 e. The van der Waals surface area contributed by atoms with E-state index < -0.39 is 12.5 Å². The largest absolute Gasteiger partial charge is 0.484 e. The van der Waals surface area contributed by atoms with Crippen LogP contribution in [0, 0.1) is 0 Å². The molecule has 5 rings (SSSR count). The highest BCUT2D eigenvalue weighted by Crippen LogP contribution is 2.26. The van der Waals surface area contributed by atoms with Gasteiger partial charge in [0, 0.05) is 10.8 Å². The van der Waals surface area contributed by atoms with Gasteiger partial charge in [0.2, 0.25) is 12.5 Å². The fourth-order valence-corrected chi connectivity index (χ4v) is 4.80. The van der Waals surface area contributed by atoms with Gasteiger partial charge in [0.15, 0.2) is 6.61 Å². The van der Waals surface area contributed by atoms with Gasteiger partial charge in [-0.1, -0.05) is 72.8 Å². The summed E-state index contributed by atoms with van der Waals surface area (Å²) in [5, 5.41) is 25.6. The van der Waals surface area contributed by atoms with Crippen LogP contribution in [0.1, 0.15) is 0 Å². The standard InChI is InChI=1S/C28H30N2O4/c31-27(20-33-25-13-5-9-21-7-1-3-11-23(21)25)30-17-15-29(16-18-30)19-28(32)34-26-14-6-10-22-8-2-4-12-24(22)26/h1-14,27-28,31-32H,15-20H2/p+2/t27-,28-/m0/s1. The number of hydrogen-bond acceptors (Lipinski definition) is 4. The summed E-state index contributed by atoms with van der Waals surface area (Å²) in [5.41, 5.74) is 0. The van der Waals surface area contributed by atoms with Gasteiger partial charge in [-0.15, -0.1) is 0 Å². The normalized spacial score (nSPS) is 20.2. The molecule has 0 amide bonds. The summed E-state index contributed by atoms with van der Waals surface area (Å²) in [6, 6.07) is 28.0. The van der Waals surface area contributed by atoms with E-state index in [1.54, 1.807) is 0 Å². The second-order valence-electron chi connectivity index (χ2n) is 8.97. The Kier molecular flexibility index (Phi) is 6.92. The van der Waals surface area contributed by atoms with Crippen LogP contribution < -0.4 is 19.3 Å². The van der Waals surface area contributed by atoms with E-state index in [2.05, 4.69) is 12.1 Å². The second kappa shape index (κ2) is 10.4. The third-order valence-electron chi connectivity index (χ3n) is 6.69. The first kappa shape index (κ1) is 22.6. The highest BCUT2D eigenvalue weighted by atomic mass is 16.6. The van der Waals surface area contributed by atoms with Crippen molar-refractivity contribution >= 4 is 21.5 Å². The number of ether oxygens (including phenoxy) is 2. The average molecular weight is 461 g/mol. The fraction of sp³-hybridized carbons (Fsp3) is 0.286. The summed E-state index contributed by atoms with van der Waals surface area (Å²) >= 11 is 0. The molecular formula is C28H32N2O4+2. The van der Waals surface area contributed by atoms with E-state index in [-0.39, 0.29) is 6.61 Å². The van der Waals surface area contributed by atoms with Crippen LogP contribution >= 0.6 is 0 Å². The quantitative estimate of drug-likeness (QED) is 0.295. The molecule has 0 spiro atoms. The molecule has 0 saturated carbocycles. The van der Waals surface area contributed by atoms with Crippen molar-refractivity contribution in [3.63, 3.8) is 0 Å². The molecule has 0 radical (unpaired) electrons. The van der Waals surface area contributed by atoms with Gasteiger partial charge < -0.3 is 24.6 Å². The molecule has 1 heterocycles. The topological polar surface area (TPSA) is 67.8 Å². The van der Waals surface area contributed by atoms with Crippen LogP contribution in [0.15, 0.2) is 84.9 Å². The number of fused-ring (bicyclic) bond motifs is 2. The summed E-state index contributed by atoms with van der Waals surface area (Å²) in [6.07, 6.45) is -1.46. The molecule has 0 bridgehead atoms.